The minimum Gasteiger partial charge on any atom is -0.354 e. The van der Waals surface area contributed by atoms with Crippen LogP contribution in [0.2, 0.25) is 0 Å². The highest BCUT2D eigenvalue weighted by Gasteiger charge is 2.23. The average molecular weight is 353 g/mol. The van der Waals surface area contributed by atoms with Gasteiger partial charge < -0.3 is 10.6 Å². The lowest BCUT2D eigenvalue weighted by molar-refractivity contribution is -0.124. The molecule has 0 saturated heterocycles. The van der Waals surface area contributed by atoms with E-state index in [2.05, 4.69) is 48.7 Å². The number of carbonyl (C=O) groups is 1. The van der Waals surface area contributed by atoms with Crippen molar-refractivity contribution < 1.29 is 4.79 Å². The first kappa shape index (κ1) is 20.2. The highest BCUT2D eigenvalue weighted by molar-refractivity contribution is 5.82. The van der Waals surface area contributed by atoms with E-state index in [1.54, 1.807) is 0 Å². The fraction of sp³-hybridized carbons (Fsp3) is 0.435. The molecule has 1 unspecified atom stereocenters. The van der Waals surface area contributed by atoms with Crippen molar-refractivity contribution in [2.75, 3.05) is 6.54 Å². The molecule has 2 N–H and O–H groups in total. The first-order valence-electron chi connectivity index (χ1n) is 9.79. The van der Waals surface area contributed by atoms with Gasteiger partial charge in [0.05, 0.1) is 6.04 Å². The van der Waals surface area contributed by atoms with Crippen LogP contribution < -0.4 is 10.6 Å². The predicted molar refractivity (Wildman–Crippen MR) is 109 cm³/mol. The van der Waals surface area contributed by atoms with Crippen LogP contribution in [0.4, 0.5) is 0 Å². The summed E-state index contributed by atoms with van der Waals surface area (Å²) in [6.45, 7) is 5.76. The van der Waals surface area contributed by atoms with E-state index >= 15 is 0 Å². The molecule has 26 heavy (non-hydrogen) atoms. The smallest absolute Gasteiger partial charge is 0.237 e. The molecule has 3 heteroatoms. The van der Waals surface area contributed by atoms with Crippen LogP contribution in [0.3, 0.4) is 0 Å². The lowest BCUT2D eigenvalue weighted by Crippen LogP contribution is -2.48. The van der Waals surface area contributed by atoms with Crippen LogP contribution in [-0.4, -0.2) is 18.5 Å². The fourth-order valence-corrected chi connectivity index (χ4v) is 3.15. The Labute approximate surface area is 158 Å². The van der Waals surface area contributed by atoms with Gasteiger partial charge in [0.1, 0.15) is 0 Å². The number of hydrogen-bond acceptors (Lipinski definition) is 2. The first-order valence-corrected chi connectivity index (χ1v) is 9.79. The van der Waals surface area contributed by atoms with Crippen molar-refractivity contribution in [1.29, 1.82) is 0 Å². The van der Waals surface area contributed by atoms with E-state index in [1.807, 2.05) is 36.4 Å². The van der Waals surface area contributed by atoms with E-state index in [1.165, 1.54) is 11.1 Å². The molecule has 2 aromatic rings. The normalized spacial score (nSPS) is 13.2. The Kier molecular flexibility index (Phi) is 8.91. The predicted octanol–water partition coefficient (Wildman–Crippen LogP) is 4.33. The van der Waals surface area contributed by atoms with Gasteiger partial charge in [-0.25, -0.2) is 0 Å². The van der Waals surface area contributed by atoms with E-state index < -0.39 is 0 Å². The van der Waals surface area contributed by atoms with Crippen molar-refractivity contribution in [2.24, 2.45) is 5.92 Å². The van der Waals surface area contributed by atoms with Crippen molar-refractivity contribution in [1.82, 2.24) is 10.6 Å². The van der Waals surface area contributed by atoms with Crippen molar-refractivity contribution in [3.8, 4) is 0 Å². The maximum absolute atomic E-state index is 12.8. The molecule has 0 aliphatic heterocycles. The second-order valence-corrected chi connectivity index (χ2v) is 6.99. The van der Waals surface area contributed by atoms with Gasteiger partial charge in [-0.15, -0.1) is 0 Å². The highest BCUT2D eigenvalue weighted by atomic mass is 16.2. The molecule has 0 aliphatic rings. The molecule has 0 aliphatic carbocycles. The van der Waals surface area contributed by atoms with E-state index in [9.17, 15) is 4.79 Å². The zero-order chi connectivity index (χ0) is 18.6. The minimum atomic E-state index is -0.155. The van der Waals surface area contributed by atoms with Crippen LogP contribution in [-0.2, 0) is 17.8 Å². The Bertz CT molecular complexity index is 627. The Balaban J connectivity index is 1.89. The van der Waals surface area contributed by atoms with Crippen molar-refractivity contribution >= 4 is 5.91 Å². The number of rotatable bonds is 11. The number of hydrogen-bond donors (Lipinski definition) is 2. The number of nitrogens with one attached hydrogen (secondary N) is 2. The standard InChI is InChI=1S/C23H32N2O/c1-3-4-11-19(2)22(25-18-21-14-9-6-10-15-21)23(26)24-17-16-20-12-7-5-8-13-20/h5-10,12-15,19,22,25H,3-4,11,16-18H2,1-2H3,(H,24,26)/t19-,22?/m0/s1. The molecule has 3 nitrogen and oxygen atoms in total. The molecule has 0 radical (unpaired) electrons. The summed E-state index contributed by atoms with van der Waals surface area (Å²) in [6, 6.07) is 20.4. The zero-order valence-corrected chi connectivity index (χ0v) is 16.1. The average Bonchev–Trinajstić information content (AvgIpc) is 2.68. The molecule has 0 bridgehead atoms. The van der Waals surface area contributed by atoms with Gasteiger partial charge >= 0.3 is 0 Å². The van der Waals surface area contributed by atoms with Crippen LogP contribution >= 0.6 is 0 Å². The molecule has 2 atom stereocenters. The summed E-state index contributed by atoms with van der Waals surface area (Å²) in [5, 5.41) is 6.60. The summed E-state index contributed by atoms with van der Waals surface area (Å²) in [5.74, 6) is 0.427. The Morgan fingerprint density at radius 1 is 0.962 bits per heavy atom. The van der Waals surface area contributed by atoms with Crippen LogP contribution in [0, 0.1) is 5.92 Å². The third-order valence-electron chi connectivity index (χ3n) is 4.79. The molecular weight excluding hydrogens is 320 g/mol. The largest absolute Gasteiger partial charge is 0.354 e. The molecule has 140 valence electrons. The van der Waals surface area contributed by atoms with Crippen molar-refractivity contribution in [2.45, 2.75) is 52.1 Å². The summed E-state index contributed by atoms with van der Waals surface area (Å²) in [5.41, 5.74) is 2.46. The minimum absolute atomic E-state index is 0.112. The molecular formula is C23H32N2O. The fourth-order valence-electron chi connectivity index (χ4n) is 3.15. The lowest BCUT2D eigenvalue weighted by Gasteiger charge is -2.24. The Morgan fingerprint density at radius 3 is 2.19 bits per heavy atom. The zero-order valence-electron chi connectivity index (χ0n) is 16.1. The van der Waals surface area contributed by atoms with Gasteiger partial charge in [-0.3, -0.25) is 4.79 Å². The SMILES string of the molecule is CCCC[C@H](C)C(NCc1ccccc1)C(=O)NCCc1ccccc1. The third kappa shape index (κ3) is 7.01. The summed E-state index contributed by atoms with van der Waals surface area (Å²) >= 11 is 0. The molecule has 0 saturated carbocycles. The summed E-state index contributed by atoms with van der Waals surface area (Å²) in [6.07, 6.45) is 4.24. The number of unbranched alkanes of at least 4 members (excludes halogenated alkanes) is 1. The van der Waals surface area contributed by atoms with Gasteiger partial charge in [-0.1, -0.05) is 87.4 Å². The van der Waals surface area contributed by atoms with Crippen LogP contribution in [0.25, 0.3) is 0 Å². The molecule has 0 aromatic heterocycles. The van der Waals surface area contributed by atoms with Gasteiger partial charge in [0.15, 0.2) is 0 Å². The van der Waals surface area contributed by atoms with Gasteiger partial charge in [0.25, 0.3) is 0 Å². The maximum Gasteiger partial charge on any atom is 0.237 e. The number of carbonyl (C=O) groups excluding carboxylic acids is 1. The van der Waals surface area contributed by atoms with Gasteiger partial charge in [-0.05, 0) is 29.9 Å². The van der Waals surface area contributed by atoms with Crippen LogP contribution in [0.5, 0.6) is 0 Å². The molecule has 1 amide bonds. The van der Waals surface area contributed by atoms with E-state index in [0.717, 1.165) is 25.7 Å². The molecule has 0 heterocycles. The van der Waals surface area contributed by atoms with Gasteiger partial charge in [-0.2, -0.15) is 0 Å². The van der Waals surface area contributed by atoms with Crippen molar-refractivity contribution in [3.63, 3.8) is 0 Å². The second kappa shape index (κ2) is 11.5. The Hall–Kier alpha value is -2.13. The molecule has 0 spiro atoms. The van der Waals surface area contributed by atoms with E-state index in [4.69, 9.17) is 0 Å². The number of benzene rings is 2. The van der Waals surface area contributed by atoms with Crippen LogP contribution in [0.15, 0.2) is 60.7 Å². The Morgan fingerprint density at radius 2 is 1.58 bits per heavy atom. The molecule has 2 aromatic carbocycles. The molecule has 2 rings (SSSR count). The second-order valence-electron chi connectivity index (χ2n) is 6.99. The number of amides is 1. The van der Waals surface area contributed by atoms with Gasteiger partial charge in [0, 0.05) is 13.1 Å². The first-order chi connectivity index (χ1) is 12.7. The quantitative estimate of drug-likeness (QED) is 0.632. The topological polar surface area (TPSA) is 41.1 Å². The van der Waals surface area contributed by atoms with Crippen molar-refractivity contribution in [3.05, 3.63) is 71.8 Å². The molecule has 0 fully saturated rings. The lowest BCUT2D eigenvalue weighted by atomic mass is 9.94. The summed E-state index contributed by atoms with van der Waals surface area (Å²) in [7, 11) is 0. The monoisotopic (exact) mass is 352 g/mol. The third-order valence-corrected chi connectivity index (χ3v) is 4.79. The van der Waals surface area contributed by atoms with Crippen LogP contribution in [0.1, 0.15) is 44.2 Å². The van der Waals surface area contributed by atoms with Gasteiger partial charge in [0.2, 0.25) is 5.91 Å². The summed E-state index contributed by atoms with van der Waals surface area (Å²) in [4.78, 5) is 12.8. The summed E-state index contributed by atoms with van der Waals surface area (Å²) < 4.78 is 0. The van der Waals surface area contributed by atoms with E-state index in [-0.39, 0.29) is 11.9 Å². The maximum atomic E-state index is 12.8. The van der Waals surface area contributed by atoms with E-state index in [0.29, 0.717) is 19.0 Å². The highest BCUT2D eigenvalue weighted by Crippen LogP contribution is 2.14.